The second-order valence-electron chi connectivity index (χ2n) is 7.01. The maximum absolute atomic E-state index is 4.84. The van der Waals surface area contributed by atoms with Crippen LogP contribution in [0.25, 0.3) is 0 Å². The van der Waals surface area contributed by atoms with Gasteiger partial charge >= 0.3 is 0 Å². The van der Waals surface area contributed by atoms with Crippen LogP contribution in [0.1, 0.15) is 32.0 Å². The zero-order valence-corrected chi connectivity index (χ0v) is 15.8. The van der Waals surface area contributed by atoms with E-state index < -0.39 is 0 Å². The van der Waals surface area contributed by atoms with Crippen LogP contribution >= 0.6 is 23.7 Å². The van der Waals surface area contributed by atoms with Gasteiger partial charge in [0, 0.05) is 43.5 Å². The van der Waals surface area contributed by atoms with Gasteiger partial charge in [-0.15, -0.1) is 23.7 Å². The molecule has 0 amide bonds. The standard InChI is InChI=1S/C18H25N3S.ClH/c1-18(2,3)16-14-22-17(19-16)21-11-9-20(10-12-21)13-15-7-5-4-6-8-15;/h4-8,14H,9-13H2,1-3H3;1H. The molecular weight excluding hydrogens is 326 g/mol. The fraction of sp³-hybridized carbons (Fsp3) is 0.500. The molecule has 23 heavy (non-hydrogen) atoms. The first-order valence-electron chi connectivity index (χ1n) is 7.99. The summed E-state index contributed by atoms with van der Waals surface area (Å²) >= 11 is 1.78. The van der Waals surface area contributed by atoms with Crippen LogP contribution in [0.2, 0.25) is 0 Å². The molecule has 1 fully saturated rings. The van der Waals surface area contributed by atoms with Gasteiger partial charge in [-0.3, -0.25) is 4.90 Å². The maximum Gasteiger partial charge on any atom is 0.185 e. The fourth-order valence-corrected chi connectivity index (χ4v) is 3.80. The van der Waals surface area contributed by atoms with Gasteiger partial charge in [0.2, 0.25) is 0 Å². The van der Waals surface area contributed by atoms with Crippen LogP contribution in [-0.2, 0) is 12.0 Å². The van der Waals surface area contributed by atoms with Crippen LogP contribution in [0.15, 0.2) is 35.7 Å². The molecule has 3 nitrogen and oxygen atoms in total. The average molecular weight is 352 g/mol. The van der Waals surface area contributed by atoms with Crippen molar-refractivity contribution in [2.45, 2.75) is 32.7 Å². The highest BCUT2D eigenvalue weighted by Gasteiger charge is 2.22. The van der Waals surface area contributed by atoms with Crippen LogP contribution < -0.4 is 4.90 Å². The molecule has 0 spiro atoms. The van der Waals surface area contributed by atoms with Crippen molar-refractivity contribution in [2.24, 2.45) is 0 Å². The Hall–Kier alpha value is -1.10. The highest BCUT2D eigenvalue weighted by molar-refractivity contribution is 7.13. The molecule has 2 heterocycles. The SMILES string of the molecule is CC(C)(C)c1csc(N2CCN(Cc3ccccc3)CC2)n1.Cl. The minimum atomic E-state index is 0. The van der Waals surface area contributed by atoms with Crippen molar-refractivity contribution in [3.8, 4) is 0 Å². The Morgan fingerprint density at radius 2 is 1.70 bits per heavy atom. The van der Waals surface area contributed by atoms with Crippen LogP contribution in [0, 0.1) is 0 Å². The number of hydrogen-bond acceptors (Lipinski definition) is 4. The molecule has 1 aromatic heterocycles. The van der Waals surface area contributed by atoms with Gasteiger partial charge in [0.05, 0.1) is 5.69 Å². The number of nitrogens with zero attached hydrogens (tertiary/aromatic N) is 3. The molecule has 0 atom stereocenters. The van der Waals surface area contributed by atoms with Gasteiger partial charge in [-0.1, -0.05) is 51.1 Å². The Kier molecular flexibility index (Phi) is 6.06. The lowest BCUT2D eigenvalue weighted by molar-refractivity contribution is 0.250. The third kappa shape index (κ3) is 4.69. The van der Waals surface area contributed by atoms with Crippen LogP contribution in [0.3, 0.4) is 0 Å². The normalized spacial score (nSPS) is 16.2. The molecule has 0 radical (unpaired) electrons. The summed E-state index contributed by atoms with van der Waals surface area (Å²) in [6.07, 6.45) is 0. The molecule has 1 aliphatic rings. The van der Waals surface area contributed by atoms with Gasteiger partial charge in [0.1, 0.15) is 0 Å². The van der Waals surface area contributed by atoms with Gasteiger partial charge in [0.15, 0.2) is 5.13 Å². The number of hydrogen-bond donors (Lipinski definition) is 0. The molecular formula is C18H26ClN3S. The maximum atomic E-state index is 4.84. The van der Waals surface area contributed by atoms with Gasteiger partial charge in [0.25, 0.3) is 0 Å². The second-order valence-corrected chi connectivity index (χ2v) is 7.85. The first kappa shape index (κ1) is 18.2. The number of halogens is 1. The Balaban J connectivity index is 0.00000192. The second kappa shape index (κ2) is 7.65. The molecule has 1 aromatic carbocycles. The summed E-state index contributed by atoms with van der Waals surface area (Å²) < 4.78 is 0. The molecule has 1 saturated heterocycles. The first-order chi connectivity index (χ1) is 10.5. The molecule has 0 N–H and O–H groups in total. The van der Waals surface area contributed by atoms with Gasteiger partial charge < -0.3 is 4.90 Å². The number of thiazole rings is 1. The molecule has 0 unspecified atom stereocenters. The van der Waals surface area contributed by atoms with Crippen LogP contribution in [0.4, 0.5) is 5.13 Å². The zero-order valence-electron chi connectivity index (χ0n) is 14.2. The Morgan fingerprint density at radius 3 is 2.26 bits per heavy atom. The summed E-state index contributed by atoms with van der Waals surface area (Å²) in [7, 11) is 0. The fourth-order valence-electron chi connectivity index (χ4n) is 2.69. The molecule has 3 rings (SSSR count). The van der Waals surface area contributed by atoms with E-state index in [1.54, 1.807) is 11.3 Å². The van der Waals surface area contributed by atoms with Crippen LogP contribution in [0.5, 0.6) is 0 Å². The third-order valence-electron chi connectivity index (χ3n) is 4.15. The lowest BCUT2D eigenvalue weighted by Crippen LogP contribution is -2.46. The number of anilines is 1. The summed E-state index contributed by atoms with van der Waals surface area (Å²) in [5.41, 5.74) is 2.75. The summed E-state index contributed by atoms with van der Waals surface area (Å²) in [5, 5.41) is 3.40. The van der Waals surface area contributed by atoms with E-state index in [4.69, 9.17) is 4.98 Å². The Bertz CT molecular complexity index is 598. The third-order valence-corrected chi connectivity index (χ3v) is 5.05. The Labute approximate surface area is 149 Å². The molecule has 0 saturated carbocycles. The lowest BCUT2D eigenvalue weighted by Gasteiger charge is -2.34. The minimum absolute atomic E-state index is 0. The predicted molar refractivity (Wildman–Crippen MR) is 102 cm³/mol. The topological polar surface area (TPSA) is 19.4 Å². The summed E-state index contributed by atoms with van der Waals surface area (Å²) in [4.78, 5) is 9.80. The highest BCUT2D eigenvalue weighted by Crippen LogP contribution is 2.29. The van der Waals surface area contributed by atoms with E-state index >= 15 is 0 Å². The zero-order chi connectivity index (χ0) is 15.6. The van der Waals surface area contributed by atoms with Gasteiger partial charge in [-0.2, -0.15) is 0 Å². The van der Waals surface area contributed by atoms with Crippen molar-refractivity contribution < 1.29 is 0 Å². The molecule has 126 valence electrons. The molecule has 2 aromatic rings. The Morgan fingerprint density at radius 1 is 1.04 bits per heavy atom. The van der Waals surface area contributed by atoms with Gasteiger partial charge in [-0.05, 0) is 5.56 Å². The largest absolute Gasteiger partial charge is 0.346 e. The van der Waals surface area contributed by atoms with E-state index in [-0.39, 0.29) is 17.8 Å². The van der Waals surface area contributed by atoms with Crippen molar-refractivity contribution >= 4 is 28.9 Å². The summed E-state index contributed by atoms with van der Waals surface area (Å²) in [6, 6.07) is 10.7. The van der Waals surface area contributed by atoms with E-state index in [2.05, 4.69) is 66.3 Å². The van der Waals surface area contributed by atoms with E-state index in [0.29, 0.717) is 0 Å². The molecule has 0 bridgehead atoms. The molecule has 5 heteroatoms. The average Bonchev–Trinajstić information content (AvgIpc) is 2.99. The number of benzene rings is 1. The van der Waals surface area contributed by atoms with Crippen molar-refractivity contribution in [3.63, 3.8) is 0 Å². The number of piperazine rings is 1. The minimum Gasteiger partial charge on any atom is -0.346 e. The van der Waals surface area contributed by atoms with E-state index in [9.17, 15) is 0 Å². The first-order valence-corrected chi connectivity index (χ1v) is 8.87. The smallest absolute Gasteiger partial charge is 0.185 e. The predicted octanol–water partition coefficient (Wildman–Crippen LogP) is 4.18. The quantitative estimate of drug-likeness (QED) is 0.826. The van der Waals surface area contributed by atoms with Crippen molar-refractivity contribution in [1.29, 1.82) is 0 Å². The molecule has 0 aliphatic carbocycles. The van der Waals surface area contributed by atoms with Crippen molar-refractivity contribution in [1.82, 2.24) is 9.88 Å². The number of aromatic nitrogens is 1. The highest BCUT2D eigenvalue weighted by atomic mass is 35.5. The summed E-state index contributed by atoms with van der Waals surface area (Å²) in [5.74, 6) is 0. The summed E-state index contributed by atoms with van der Waals surface area (Å²) in [6.45, 7) is 12.1. The van der Waals surface area contributed by atoms with Crippen molar-refractivity contribution in [3.05, 3.63) is 47.0 Å². The van der Waals surface area contributed by atoms with E-state index in [0.717, 1.165) is 32.7 Å². The van der Waals surface area contributed by atoms with E-state index in [1.165, 1.54) is 16.4 Å². The van der Waals surface area contributed by atoms with Crippen LogP contribution in [-0.4, -0.2) is 36.1 Å². The monoisotopic (exact) mass is 351 g/mol. The number of rotatable bonds is 3. The van der Waals surface area contributed by atoms with Crippen molar-refractivity contribution in [2.75, 3.05) is 31.1 Å². The van der Waals surface area contributed by atoms with Gasteiger partial charge in [-0.25, -0.2) is 4.98 Å². The lowest BCUT2D eigenvalue weighted by atomic mass is 9.93. The molecule has 1 aliphatic heterocycles. The van der Waals surface area contributed by atoms with E-state index in [1.807, 2.05) is 0 Å².